The highest BCUT2D eigenvalue weighted by Crippen LogP contribution is 2.32. The molecule has 0 aliphatic rings. The first-order valence-corrected chi connectivity index (χ1v) is 7.39. The summed E-state index contributed by atoms with van der Waals surface area (Å²) in [6.45, 7) is 7.90. The van der Waals surface area contributed by atoms with E-state index in [-0.39, 0.29) is 5.91 Å². The number of nitrogens with two attached hydrogens (primary N) is 1. The molecule has 1 amide bonds. The van der Waals surface area contributed by atoms with E-state index in [9.17, 15) is 4.79 Å². The molecule has 0 saturated carbocycles. The third kappa shape index (κ3) is 4.85. The van der Waals surface area contributed by atoms with Crippen LogP contribution in [0.5, 0.6) is 0 Å². The van der Waals surface area contributed by atoms with Gasteiger partial charge >= 0.3 is 0 Å². The minimum atomic E-state index is -0.111. The van der Waals surface area contributed by atoms with E-state index in [4.69, 9.17) is 28.9 Å². The summed E-state index contributed by atoms with van der Waals surface area (Å²) in [7, 11) is 0. The van der Waals surface area contributed by atoms with Crippen LogP contribution in [0.25, 0.3) is 0 Å². The Labute approximate surface area is 130 Å². The van der Waals surface area contributed by atoms with Crippen molar-refractivity contribution in [2.45, 2.75) is 33.2 Å². The molecule has 0 radical (unpaired) electrons. The maximum absolute atomic E-state index is 12.0. The summed E-state index contributed by atoms with van der Waals surface area (Å²) >= 11 is 11.9. The molecule has 0 aliphatic carbocycles. The average molecular weight is 318 g/mol. The standard InChI is InChI=1S/C14H21Cl2N3O/c1-4-19(9(2)3)6-5-13(20)18-14-11(16)7-10(15)8-12(14)17/h7-9H,4-6,17H2,1-3H3,(H,18,20). The van der Waals surface area contributed by atoms with Gasteiger partial charge in [0, 0.05) is 24.0 Å². The lowest BCUT2D eigenvalue weighted by molar-refractivity contribution is -0.116. The second kappa shape index (κ2) is 7.72. The molecule has 0 spiro atoms. The van der Waals surface area contributed by atoms with Crippen LogP contribution < -0.4 is 11.1 Å². The van der Waals surface area contributed by atoms with Crippen LogP contribution in [-0.2, 0) is 4.79 Å². The van der Waals surface area contributed by atoms with Crippen LogP contribution in [0, 0.1) is 0 Å². The molecule has 1 aromatic rings. The molecule has 0 saturated heterocycles. The molecule has 1 rings (SSSR count). The second-order valence-electron chi connectivity index (χ2n) is 4.87. The Balaban J connectivity index is 2.63. The molecule has 0 aromatic heterocycles. The van der Waals surface area contributed by atoms with Gasteiger partial charge in [0.1, 0.15) is 0 Å². The number of anilines is 2. The highest BCUT2D eigenvalue weighted by Gasteiger charge is 2.13. The number of carbonyl (C=O) groups is 1. The molecular weight excluding hydrogens is 297 g/mol. The van der Waals surface area contributed by atoms with E-state index in [1.807, 2.05) is 0 Å². The van der Waals surface area contributed by atoms with Gasteiger partial charge in [-0.25, -0.2) is 0 Å². The normalized spacial score (nSPS) is 11.2. The van der Waals surface area contributed by atoms with Crippen LogP contribution in [0.3, 0.4) is 0 Å². The molecule has 0 atom stereocenters. The van der Waals surface area contributed by atoms with Crippen LogP contribution in [0.4, 0.5) is 11.4 Å². The number of nitrogens with one attached hydrogen (secondary N) is 1. The number of rotatable bonds is 6. The maximum Gasteiger partial charge on any atom is 0.225 e. The minimum Gasteiger partial charge on any atom is -0.397 e. The molecule has 1 aromatic carbocycles. The first kappa shape index (κ1) is 17.1. The highest BCUT2D eigenvalue weighted by molar-refractivity contribution is 6.37. The monoisotopic (exact) mass is 317 g/mol. The Morgan fingerprint density at radius 1 is 1.40 bits per heavy atom. The molecule has 6 heteroatoms. The van der Waals surface area contributed by atoms with Crippen molar-refractivity contribution in [2.24, 2.45) is 0 Å². The Morgan fingerprint density at radius 3 is 2.55 bits per heavy atom. The van der Waals surface area contributed by atoms with Crippen LogP contribution in [0.15, 0.2) is 12.1 Å². The third-order valence-corrected chi connectivity index (χ3v) is 3.63. The van der Waals surface area contributed by atoms with E-state index in [2.05, 4.69) is 31.0 Å². The fourth-order valence-corrected chi connectivity index (χ4v) is 2.51. The molecule has 0 bridgehead atoms. The van der Waals surface area contributed by atoms with Crippen LogP contribution in [-0.4, -0.2) is 29.9 Å². The van der Waals surface area contributed by atoms with Gasteiger partial charge in [-0.3, -0.25) is 4.79 Å². The van der Waals surface area contributed by atoms with E-state index in [0.29, 0.717) is 40.4 Å². The van der Waals surface area contributed by atoms with Crippen molar-refractivity contribution in [3.8, 4) is 0 Å². The minimum absolute atomic E-state index is 0.111. The summed E-state index contributed by atoms with van der Waals surface area (Å²) < 4.78 is 0. The number of hydrogen-bond acceptors (Lipinski definition) is 3. The van der Waals surface area contributed by atoms with Gasteiger partial charge in [-0.05, 0) is 32.5 Å². The van der Waals surface area contributed by atoms with E-state index >= 15 is 0 Å². The van der Waals surface area contributed by atoms with Crippen molar-refractivity contribution in [2.75, 3.05) is 24.1 Å². The van der Waals surface area contributed by atoms with Gasteiger partial charge in [0.05, 0.1) is 16.4 Å². The van der Waals surface area contributed by atoms with Gasteiger partial charge < -0.3 is 16.0 Å². The molecule has 3 N–H and O–H groups in total. The number of carbonyl (C=O) groups excluding carboxylic acids is 1. The topological polar surface area (TPSA) is 58.4 Å². The van der Waals surface area contributed by atoms with E-state index in [1.165, 1.54) is 0 Å². The van der Waals surface area contributed by atoms with Crippen LogP contribution in [0.2, 0.25) is 10.0 Å². The van der Waals surface area contributed by atoms with Gasteiger partial charge in [0.2, 0.25) is 5.91 Å². The molecule has 20 heavy (non-hydrogen) atoms. The third-order valence-electron chi connectivity index (χ3n) is 3.11. The first-order valence-electron chi connectivity index (χ1n) is 6.63. The number of benzene rings is 1. The van der Waals surface area contributed by atoms with Crippen molar-refractivity contribution in [3.05, 3.63) is 22.2 Å². The summed E-state index contributed by atoms with van der Waals surface area (Å²) in [6.07, 6.45) is 0.393. The zero-order valence-corrected chi connectivity index (χ0v) is 13.6. The highest BCUT2D eigenvalue weighted by atomic mass is 35.5. The molecular formula is C14H21Cl2N3O. The lowest BCUT2D eigenvalue weighted by Crippen LogP contribution is -2.33. The van der Waals surface area contributed by atoms with Crippen LogP contribution >= 0.6 is 23.2 Å². The second-order valence-corrected chi connectivity index (χ2v) is 5.72. The number of nitrogens with zero attached hydrogens (tertiary/aromatic N) is 1. The Bertz CT molecular complexity index is 454. The van der Waals surface area contributed by atoms with Crippen molar-refractivity contribution in [1.82, 2.24) is 4.90 Å². The predicted octanol–water partition coefficient (Wildman–Crippen LogP) is 3.63. The van der Waals surface area contributed by atoms with E-state index in [0.717, 1.165) is 6.54 Å². The van der Waals surface area contributed by atoms with Gasteiger partial charge in [-0.2, -0.15) is 0 Å². The molecule has 0 aliphatic heterocycles. The quantitative estimate of drug-likeness (QED) is 0.787. The number of halogens is 2. The molecule has 0 fully saturated rings. The average Bonchev–Trinajstić information content (AvgIpc) is 2.34. The molecule has 0 unspecified atom stereocenters. The summed E-state index contributed by atoms with van der Waals surface area (Å²) in [5.74, 6) is -0.111. The fourth-order valence-electron chi connectivity index (χ4n) is 1.95. The molecule has 0 heterocycles. The smallest absolute Gasteiger partial charge is 0.225 e. The van der Waals surface area contributed by atoms with Crippen molar-refractivity contribution in [3.63, 3.8) is 0 Å². The summed E-state index contributed by atoms with van der Waals surface area (Å²) in [4.78, 5) is 14.2. The number of hydrogen-bond donors (Lipinski definition) is 2. The number of amides is 1. The van der Waals surface area contributed by atoms with Crippen LogP contribution in [0.1, 0.15) is 27.2 Å². The van der Waals surface area contributed by atoms with Crippen molar-refractivity contribution >= 4 is 40.5 Å². The zero-order valence-electron chi connectivity index (χ0n) is 12.0. The fraction of sp³-hybridized carbons (Fsp3) is 0.500. The Hall–Kier alpha value is -0.970. The Morgan fingerprint density at radius 2 is 2.05 bits per heavy atom. The lowest BCUT2D eigenvalue weighted by Gasteiger charge is -2.24. The van der Waals surface area contributed by atoms with Gasteiger partial charge in [-0.1, -0.05) is 30.1 Å². The molecule has 112 valence electrons. The van der Waals surface area contributed by atoms with E-state index in [1.54, 1.807) is 12.1 Å². The number of nitrogen functional groups attached to an aromatic ring is 1. The van der Waals surface area contributed by atoms with Crippen molar-refractivity contribution in [1.29, 1.82) is 0 Å². The van der Waals surface area contributed by atoms with Gasteiger partial charge in [0.25, 0.3) is 0 Å². The summed E-state index contributed by atoms with van der Waals surface area (Å²) in [5, 5.41) is 3.54. The van der Waals surface area contributed by atoms with E-state index < -0.39 is 0 Å². The zero-order chi connectivity index (χ0) is 15.3. The largest absolute Gasteiger partial charge is 0.397 e. The SMILES string of the molecule is CCN(CCC(=O)Nc1c(N)cc(Cl)cc1Cl)C(C)C. The van der Waals surface area contributed by atoms with Gasteiger partial charge in [-0.15, -0.1) is 0 Å². The maximum atomic E-state index is 12.0. The lowest BCUT2D eigenvalue weighted by atomic mass is 10.2. The summed E-state index contributed by atoms with van der Waals surface area (Å²) in [6, 6.07) is 3.54. The molecule has 4 nitrogen and oxygen atoms in total. The summed E-state index contributed by atoms with van der Waals surface area (Å²) in [5.41, 5.74) is 6.60. The Kier molecular flexibility index (Phi) is 6.59. The predicted molar refractivity (Wildman–Crippen MR) is 86.5 cm³/mol. The first-order chi connectivity index (χ1) is 9.35. The van der Waals surface area contributed by atoms with Crippen molar-refractivity contribution < 1.29 is 4.79 Å². The van der Waals surface area contributed by atoms with Gasteiger partial charge in [0.15, 0.2) is 0 Å².